The molecule has 0 spiro atoms. The number of amides is 1. The number of hydrogen-bond donors (Lipinski definition) is 1. The van der Waals surface area contributed by atoms with E-state index in [1.165, 1.54) is 0 Å². The highest BCUT2D eigenvalue weighted by molar-refractivity contribution is 5.96. The third-order valence-corrected chi connectivity index (χ3v) is 2.01. The second-order valence-corrected chi connectivity index (χ2v) is 3.22. The van der Waals surface area contributed by atoms with E-state index in [1.54, 1.807) is 37.2 Å². The van der Waals surface area contributed by atoms with Crippen molar-refractivity contribution in [2.24, 2.45) is 0 Å². The van der Waals surface area contributed by atoms with Crippen molar-refractivity contribution in [1.29, 1.82) is 0 Å². The summed E-state index contributed by atoms with van der Waals surface area (Å²) >= 11 is 0. The summed E-state index contributed by atoms with van der Waals surface area (Å²) < 4.78 is 0. The minimum absolute atomic E-state index is 0. The predicted octanol–water partition coefficient (Wildman–Crippen LogP) is 1.70. The van der Waals surface area contributed by atoms with Gasteiger partial charge in [0.25, 0.3) is 5.91 Å². The molecule has 0 fully saturated rings. The number of hydrogen-bond acceptors (Lipinski definition) is 2. The number of halogens is 1. The molecule has 0 aliphatic carbocycles. The molecule has 4 heteroatoms. The van der Waals surface area contributed by atoms with Crippen LogP contribution in [-0.2, 0) is 0 Å². The van der Waals surface area contributed by atoms with Gasteiger partial charge in [-0.1, -0.05) is 6.07 Å². The first-order chi connectivity index (χ1) is 6.04. The molecule has 1 aromatic carbocycles. The molecule has 0 aliphatic rings. The summed E-state index contributed by atoms with van der Waals surface area (Å²) in [5, 5.41) is 0. The molecule has 1 aromatic rings. The Morgan fingerprint density at radius 1 is 1.36 bits per heavy atom. The van der Waals surface area contributed by atoms with Crippen molar-refractivity contribution in [2.45, 2.75) is 6.92 Å². The standard InChI is InChI=1S/C10H14N2O.ClH/c1-7-8(10(13)12(2)3)5-4-6-9(7)11;/h4-6H,11H2,1-3H3;1H. The van der Waals surface area contributed by atoms with Gasteiger partial charge in [0.1, 0.15) is 0 Å². The fourth-order valence-corrected chi connectivity index (χ4v) is 1.13. The van der Waals surface area contributed by atoms with E-state index in [0.717, 1.165) is 5.56 Å². The van der Waals surface area contributed by atoms with Crippen LogP contribution < -0.4 is 5.73 Å². The average molecular weight is 215 g/mol. The van der Waals surface area contributed by atoms with Crippen molar-refractivity contribution < 1.29 is 4.79 Å². The second kappa shape index (κ2) is 4.86. The molecule has 0 aromatic heterocycles. The van der Waals surface area contributed by atoms with E-state index < -0.39 is 0 Å². The van der Waals surface area contributed by atoms with Gasteiger partial charge in [-0.3, -0.25) is 4.79 Å². The summed E-state index contributed by atoms with van der Waals surface area (Å²) in [7, 11) is 3.45. The van der Waals surface area contributed by atoms with Crippen LogP contribution in [-0.4, -0.2) is 24.9 Å². The number of nitrogens with zero attached hydrogens (tertiary/aromatic N) is 1. The van der Waals surface area contributed by atoms with Crippen molar-refractivity contribution in [3.05, 3.63) is 29.3 Å². The molecule has 1 rings (SSSR count). The number of carbonyl (C=O) groups is 1. The van der Waals surface area contributed by atoms with Gasteiger partial charge >= 0.3 is 0 Å². The normalized spacial score (nSPS) is 9.07. The Kier molecular flexibility index (Phi) is 4.44. The molecule has 0 bridgehead atoms. The lowest BCUT2D eigenvalue weighted by molar-refractivity contribution is 0.0827. The lowest BCUT2D eigenvalue weighted by atomic mass is 10.1. The Labute approximate surface area is 90.3 Å². The topological polar surface area (TPSA) is 46.3 Å². The quantitative estimate of drug-likeness (QED) is 0.724. The summed E-state index contributed by atoms with van der Waals surface area (Å²) in [5.74, 6) is -0.00944. The molecule has 0 heterocycles. The van der Waals surface area contributed by atoms with E-state index in [0.29, 0.717) is 11.3 Å². The number of anilines is 1. The lowest BCUT2D eigenvalue weighted by Crippen LogP contribution is -2.22. The number of rotatable bonds is 1. The first kappa shape index (κ1) is 12.8. The maximum absolute atomic E-state index is 11.6. The Bertz CT molecular complexity index is 337. The van der Waals surface area contributed by atoms with Crippen LogP contribution in [0.1, 0.15) is 15.9 Å². The monoisotopic (exact) mass is 214 g/mol. The zero-order valence-corrected chi connectivity index (χ0v) is 9.39. The maximum Gasteiger partial charge on any atom is 0.253 e. The highest BCUT2D eigenvalue weighted by Gasteiger charge is 2.11. The van der Waals surface area contributed by atoms with Gasteiger partial charge in [0.2, 0.25) is 0 Å². The molecule has 14 heavy (non-hydrogen) atoms. The Morgan fingerprint density at radius 3 is 2.43 bits per heavy atom. The van der Waals surface area contributed by atoms with Crippen LogP contribution in [0.2, 0.25) is 0 Å². The first-order valence-corrected chi connectivity index (χ1v) is 4.10. The van der Waals surface area contributed by atoms with Gasteiger partial charge in [-0.15, -0.1) is 12.4 Å². The molecule has 0 aliphatic heterocycles. The van der Waals surface area contributed by atoms with Crippen LogP contribution in [0.4, 0.5) is 5.69 Å². The molecular formula is C10H15ClN2O. The van der Waals surface area contributed by atoms with Gasteiger partial charge in [-0.2, -0.15) is 0 Å². The number of carbonyl (C=O) groups excluding carboxylic acids is 1. The lowest BCUT2D eigenvalue weighted by Gasteiger charge is -2.13. The zero-order chi connectivity index (χ0) is 10.0. The average Bonchev–Trinajstić information content (AvgIpc) is 2.08. The minimum Gasteiger partial charge on any atom is -0.398 e. The number of benzene rings is 1. The largest absolute Gasteiger partial charge is 0.398 e. The molecular weight excluding hydrogens is 200 g/mol. The second-order valence-electron chi connectivity index (χ2n) is 3.22. The smallest absolute Gasteiger partial charge is 0.253 e. The van der Waals surface area contributed by atoms with Crippen LogP contribution in [0.15, 0.2) is 18.2 Å². The van der Waals surface area contributed by atoms with Crippen LogP contribution >= 0.6 is 12.4 Å². The predicted molar refractivity (Wildman–Crippen MR) is 60.9 cm³/mol. The highest BCUT2D eigenvalue weighted by Crippen LogP contribution is 2.16. The van der Waals surface area contributed by atoms with Gasteiger partial charge in [0.15, 0.2) is 0 Å². The van der Waals surface area contributed by atoms with E-state index in [9.17, 15) is 4.79 Å². The molecule has 1 amide bonds. The molecule has 0 saturated carbocycles. The highest BCUT2D eigenvalue weighted by atomic mass is 35.5. The minimum atomic E-state index is -0.00944. The van der Waals surface area contributed by atoms with E-state index in [1.807, 2.05) is 6.92 Å². The summed E-state index contributed by atoms with van der Waals surface area (Å²) in [5.41, 5.74) is 7.87. The van der Waals surface area contributed by atoms with Gasteiger partial charge in [0, 0.05) is 25.3 Å². The van der Waals surface area contributed by atoms with Crippen molar-refractivity contribution in [2.75, 3.05) is 19.8 Å². The van der Waals surface area contributed by atoms with E-state index >= 15 is 0 Å². The molecule has 78 valence electrons. The van der Waals surface area contributed by atoms with Gasteiger partial charge < -0.3 is 10.6 Å². The van der Waals surface area contributed by atoms with Gasteiger partial charge in [-0.25, -0.2) is 0 Å². The maximum atomic E-state index is 11.6. The van der Waals surface area contributed by atoms with Crippen LogP contribution in [0, 0.1) is 6.92 Å². The van der Waals surface area contributed by atoms with Crippen LogP contribution in [0.25, 0.3) is 0 Å². The number of nitrogen functional groups attached to an aromatic ring is 1. The molecule has 3 nitrogen and oxygen atoms in total. The fourth-order valence-electron chi connectivity index (χ4n) is 1.13. The zero-order valence-electron chi connectivity index (χ0n) is 8.57. The molecule has 0 radical (unpaired) electrons. The summed E-state index contributed by atoms with van der Waals surface area (Å²) in [6.45, 7) is 1.85. The van der Waals surface area contributed by atoms with Crippen LogP contribution in [0.3, 0.4) is 0 Å². The van der Waals surface area contributed by atoms with E-state index in [2.05, 4.69) is 0 Å². The van der Waals surface area contributed by atoms with E-state index in [4.69, 9.17) is 5.73 Å². The molecule has 0 atom stereocenters. The van der Waals surface area contributed by atoms with Crippen molar-refractivity contribution in [1.82, 2.24) is 4.90 Å². The molecule has 0 unspecified atom stereocenters. The van der Waals surface area contributed by atoms with E-state index in [-0.39, 0.29) is 18.3 Å². The number of nitrogens with two attached hydrogens (primary N) is 1. The third kappa shape index (κ3) is 2.39. The molecule has 0 saturated heterocycles. The van der Waals surface area contributed by atoms with Crippen molar-refractivity contribution >= 4 is 24.0 Å². The summed E-state index contributed by atoms with van der Waals surface area (Å²) in [6, 6.07) is 5.37. The third-order valence-electron chi connectivity index (χ3n) is 2.01. The molecule has 2 N–H and O–H groups in total. The van der Waals surface area contributed by atoms with Gasteiger partial charge in [-0.05, 0) is 24.6 Å². The Morgan fingerprint density at radius 2 is 1.93 bits per heavy atom. The summed E-state index contributed by atoms with van der Waals surface area (Å²) in [6.07, 6.45) is 0. The van der Waals surface area contributed by atoms with Crippen molar-refractivity contribution in [3.8, 4) is 0 Å². The fraction of sp³-hybridized carbons (Fsp3) is 0.300. The first-order valence-electron chi connectivity index (χ1n) is 4.10. The summed E-state index contributed by atoms with van der Waals surface area (Å²) in [4.78, 5) is 13.1. The van der Waals surface area contributed by atoms with Crippen molar-refractivity contribution in [3.63, 3.8) is 0 Å². The Hall–Kier alpha value is -1.22. The van der Waals surface area contributed by atoms with Crippen LogP contribution in [0.5, 0.6) is 0 Å². The van der Waals surface area contributed by atoms with Gasteiger partial charge in [0.05, 0.1) is 0 Å². The SMILES string of the molecule is Cc1c(N)cccc1C(=O)N(C)C.Cl. The Balaban J connectivity index is 0.00000169.